The molecule has 1 aromatic rings. The smallest absolute Gasteiger partial charge is 0.222 e. The minimum absolute atomic E-state index is 0.123. The van der Waals surface area contributed by atoms with Crippen LogP contribution in [-0.4, -0.2) is 28.5 Å². The van der Waals surface area contributed by atoms with E-state index in [1.54, 1.807) is 18.5 Å². The van der Waals surface area contributed by atoms with Gasteiger partial charge in [0.2, 0.25) is 11.9 Å². The Balaban J connectivity index is 1.49. The highest BCUT2D eigenvalue weighted by atomic mass is 16.1. The molecule has 0 saturated heterocycles. The van der Waals surface area contributed by atoms with Crippen LogP contribution < -0.4 is 10.6 Å². The quantitative estimate of drug-likeness (QED) is 0.877. The molecule has 22 heavy (non-hydrogen) atoms. The number of aromatic nitrogens is 2. The molecule has 2 N–H and O–H groups in total. The van der Waals surface area contributed by atoms with Crippen molar-refractivity contribution in [3.8, 4) is 0 Å². The number of amides is 1. The number of carbonyl (C=O) groups excluding carboxylic acids is 1. The van der Waals surface area contributed by atoms with Crippen LogP contribution in [0.15, 0.2) is 18.5 Å². The summed E-state index contributed by atoms with van der Waals surface area (Å²) in [7, 11) is 0. The third-order valence-corrected chi connectivity index (χ3v) is 6.33. The number of hydrogen-bond donors (Lipinski definition) is 2. The molecular formula is C17H26N4O. The molecule has 2 fully saturated rings. The van der Waals surface area contributed by atoms with Gasteiger partial charge in [-0.1, -0.05) is 20.8 Å². The van der Waals surface area contributed by atoms with Gasteiger partial charge < -0.3 is 10.6 Å². The maximum absolute atomic E-state index is 12.2. The van der Waals surface area contributed by atoms with E-state index in [4.69, 9.17) is 0 Å². The number of anilines is 1. The number of nitrogens with one attached hydrogen (secondary N) is 2. The fourth-order valence-electron chi connectivity index (χ4n) is 4.37. The predicted octanol–water partition coefficient (Wildman–Crippen LogP) is 2.61. The lowest BCUT2D eigenvalue weighted by Crippen LogP contribution is -2.47. The van der Waals surface area contributed by atoms with E-state index in [2.05, 4.69) is 41.4 Å². The lowest BCUT2D eigenvalue weighted by molar-refractivity contribution is -0.122. The molecule has 5 heteroatoms. The summed E-state index contributed by atoms with van der Waals surface area (Å²) in [4.78, 5) is 20.4. The van der Waals surface area contributed by atoms with Gasteiger partial charge in [-0.3, -0.25) is 4.79 Å². The van der Waals surface area contributed by atoms with E-state index < -0.39 is 0 Å². The largest absolute Gasteiger partial charge is 0.354 e. The Bertz CT molecular complexity index is 545. The number of hydrogen-bond acceptors (Lipinski definition) is 4. The van der Waals surface area contributed by atoms with Crippen molar-refractivity contribution in [1.82, 2.24) is 15.3 Å². The van der Waals surface area contributed by atoms with Crippen LogP contribution in [0.1, 0.15) is 46.5 Å². The molecule has 1 amide bonds. The summed E-state index contributed by atoms with van der Waals surface area (Å²) < 4.78 is 0. The molecule has 5 nitrogen and oxygen atoms in total. The SMILES string of the molecule is CC1(C)[C@H]2CC[C@@]1(C)[C@H](NC(=O)CCNc1ncccn1)C2. The molecule has 2 saturated carbocycles. The highest BCUT2D eigenvalue weighted by molar-refractivity contribution is 5.77. The van der Waals surface area contributed by atoms with E-state index in [9.17, 15) is 4.79 Å². The fraction of sp³-hybridized carbons (Fsp3) is 0.706. The van der Waals surface area contributed by atoms with Gasteiger partial charge in [0.25, 0.3) is 0 Å². The first kappa shape index (κ1) is 15.3. The Labute approximate surface area is 132 Å². The average molecular weight is 302 g/mol. The zero-order valence-corrected chi connectivity index (χ0v) is 13.7. The van der Waals surface area contributed by atoms with Crippen molar-refractivity contribution < 1.29 is 4.79 Å². The molecule has 0 unspecified atom stereocenters. The van der Waals surface area contributed by atoms with Crippen LogP contribution in [0.3, 0.4) is 0 Å². The van der Waals surface area contributed by atoms with Crippen molar-refractivity contribution in [3.63, 3.8) is 0 Å². The Morgan fingerprint density at radius 1 is 1.32 bits per heavy atom. The monoisotopic (exact) mass is 302 g/mol. The minimum Gasteiger partial charge on any atom is -0.354 e. The van der Waals surface area contributed by atoms with Crippen molar-refractivity contribution >= 4 is 11.9 Å². The summed E-state index contributed by atoms with van der Waals surface area (Å²) >= 11 is 0. The van der Waals surface area contributed by atoms with E-state index in [1.807, 2.05) is 0 Å². The molecule has 1 heterocycles. The molecule has 2 aliphatic rings. The first-order chi connectivity index (χ1) is 10.4. The Morgan fingerprint density at radius 3 is 2.64 bits per heavy atom. The van der Waals surface area contributed by atoms with Crippen LogP contribution in [0.4, 0.5) is 5.95 Å². The van der Waals surface area contributed by atoms with Crippen molar-refractivity contribution in [2.75, 3.05) is 11.9 Å². The Hall–Kier alpha value is -1.65. The van der Waals surface area contributed by atoms with Gasteiger partial charge in [0.15, 0.2) is 0 Å². The summed E-state index contributed by atoms with van der Waals surface area (Å²) in [6.45, 7) is 7.64. The summed E-state index contributed by atoms with van der Waals surface area (Å²) in [6.07, 6.45) is 7.50. The molecular weight excluding hydrogens is 276 g/mol. The normalized spacial score (nSPS) is 32.0. The Kier molecular flexibility index (Phi) is 3.83. The lowest BCUT2D eigenvalue weighted by atomic mass is 9.69. The van der Waals surface area contributed by atoms with E-state index in [0.29, 0.717) is 30.4 Å². The topological polar surface area (TPSA) is 66.9 Å². The van der Waals surface area contributed by atoms with Crippen LogP contribution in [0, 0.1) is 16.7 Å². The molecule has 2 aliphatic carbocycles. The summed E-state index contributed by atoms with van der Waals surface area (Å²) in [5, 5.41) is 6.35. The lowest BCUT2D eigenvalue weighted by Gasteiger charge is -2.39. The van der Waals surface area contributed by atoms with E-state index >= 15 is 0 Å². The number of rotatable bonds is 5. The molecule has 2 bridgehead atoms. The van der Waals surface area contributed by atoms with Crippen LogP contribution in [-0.2, 0) is 4.79 Å². The molecule has 3 atom stereocenters. The molecule has 0 spiro atoms. The van der Waals surface area contributed by atoms with Gasteiger partial charge in [-0.2, -0.15) is 0 Å². The second-order valence-electron chi connectivity index (χ2n) is 7.48. The second kappa shape index (κ2) is 5.52. The fourth-order valence-corrected chi connectivity index (χ4v) is 4.37. The highest BCUT2D eigenvalue weighted by Gasteiger charge is 2.61. The van der Waals surface area contributed by atoms with Gasteiger partial charge in [0.05, 0.1) is 0 Å². The van der Waals surface area contributed by atoms with Crippen LogP contribution in [0.2, 0.25) is 0 Å². The predicted molar refractivity (Wildman–Crippen MR) is 86.3 cm³/mol. The molecule has 3 rings (SSSR count). The molecule has 0 radical (unpaired) electrons. The molecule has 0 aliphatic heterocycles. The average Bonchev–Trinajstić information content (AvgIpc) is 2.82. The molecule has 120 valence electrons. The van der Waals surface area contributed by atoms with E-state index in [-0.39, 0.29) is 11.3 Å². The first-order valence-corrected chi connectivity index (χ1v) is 8.24. The maximum Gasteiger partial charge on any atom is 0.222 e. The number of fused-ring (bicyclic) bond motifs is 2. The summed E-state index contributed by atoms with van der Waals surface area (Å²) in [5.74, 6) is 1.44. The minimum atomic E-state index is 0.123. The zero-order chi connectivity index (χ0) is 15.8. The van der Waals surface area contributed by atoms with Gasteiger partial charge >= 0.3 is 0 Å². The van der Waals surface area contributed by atoms with Crippen molar-refractivity contribution in [2.24, 2.45) is 16.7 Å². The first-order valence-electron chi connectivity index (χ1n) is 8.24. The van der Waals surface area contributed by atoms with Gasteiger partial charge in [-0.15, -0.1) is 0 Å². The third-order valence-electron chi connectivity index (χ3n) is 6.33. The van der Waals surface area contributed by atoms with Crippen molar-refractivity contribution in [1.29, 1.82) is 0 Å². The van der Waals surface area contributed by atoms with Gasteiger partial charge in [-0.25, -0.2) is 9.97 Å². The summed E-state index contributed by atoms with van der Waals surface area (Å²) in [5.41, 5.74) is 0.574. The van der Waals surface area contributed by atoms with Crippen LogP contribution in [0.5, 0.6) is 0 Å². The molecule has 1 aromatic heterocycles. The third kappa shape index (κ3) is 2.46. The van der Waals surface area contributed by atoms with Crippen LogP contribution >= 0.6 is 0 Å². The Morgan fingerprint density at radius 2 is 2.05 bits per heavy atom. The van der Waals surface area contributed by atoms with Gasteiger partial charge in [0.1, 0.15) is 0 Å². The standard InChI is InChI=1S/C17H26N4O/c1-16(2)12-5-7-17(16,3)13(11-12)21-14(22)6-10-20-15-18-8-4-9-19-15/h4,8-9,12-13H,5-7,10-11H2,1-3H3,(H,21,22)(H,18,19,20)/t12-,13+,17-/m0/s1. The van der Waals surface area contributed by atoms with Crippen LogP contribution in [0.25, 0.3) is 0 Å². The van der Waals surface area contributed by atoms with E-state index in [0.717, 1.165) is 12.3 Å². The van der Waals surface area contributed by atoms with Gasteiger partial charge in [0, 0.05) is 31.4 Å². The second-order valence-corrected chi connectivity index (χ2v) is 7.48. The van der Waals surface area contributed by atoms with Crippen molar-refractivity contribution in [2.45, 2.75) is 52.5 Å². The maximum atomic E-state index is 12.2. The number of carbonyl (C=O) groups is 1. The number of nitrogens with zero attached hydrogens (tertiary/aromatic N) is 2. The molecule has 0 aromatic carbocycles. The van der Waals surface area contributed by atoms with Crippen molar-refractivity contribution in [3.05, 3.63) is 18.5 Å². The highest BCUT2D eigenvalue weighted by Crippen LogP contribution is 2.65. The zero-order valence-electron chi connectivity index (χ0n) is 13.7. The van der Waals surface area contributed by atoms with E-state index in [1.165, 1.54) is 12.8 Å². The van der Waals surface area contributed by atoms with Gasteiger partial charge in [-0.05, 0) is 42.1 Å². The summed E-state index contributed by atoms with van der Waals surface area (Å²) in [6, 6.07) is 2.09.